The summed E-state index contributed by atoms with van der Waals surface area (Å²) in [7, 11) is 0. The Bertz CT molecular complexity index is 552. The second kappa shape index (κ2) is 8.93. The van der Waals surface area contributed by atoms with Crippen LogP contribution in [0.2, 0.25) is 0 Å². The first-order chi connectivity index (χ1) is 12.6. The van der Waals surface area contributed by atoms with Gasteiger partial charge in [-0.25, -0.2) is 0 Å². The number of alkyl halides is 3. The lowest BCUT2D eigenvalue weighted by atomic mass is 9.94. The number of halogens is 3. The zero-order valence-corrected chi connectivity index (χ0v) is 15.8. The Morgan fingerprint density at radius 3 is 1.96 bits per heavy atom. The molecule has 0 radical (unpaired) electrons. The highest BCUT2D eigenvalue weighted by molar-refractivity contribution is 5.89. The molecule has 3 amide bonds. The maximum absolute atomic E-state index is 12.7. The van der Waals surface area contributed by atoms with Crippen molar-refractivity contribution >= 4 is 17.7 Å². The van der Waals surface area contributed by atoms with Crippen LogP contribution < -0.4 is 5.32 Å². The van der Waals surface area contributed by atoms with Crippen molar-refractivity contribution in [1.82, 2.24) is 15.1 Å². The quantitative estimate of drug-likeness (QED) is 0.796. The normalized spacial score (nSPS) is 20.5. The molecule has 0 aromatic heterocycles. The van der Waals surface area contributed by atoms with Crippen molar-refractivity contribution < 1.29 is 27.6 Å². The molecule has 2 heterocycles. The first-order valence-electron chi connectivity index (χ1n) is 9.56. The van der Waals surface area contributed by atoms with Gasteiger partial charge in [0.05, 0.1) is 0 Å². The molecule has 0 spiro atoms. The maximum atomic E-state index is 12.7. The summed E-state index contributed by atoms with van der Waals surface area (Å²) in [4.78, 5) is 39.1. The Balaban J connectivity index is 1.91. The highest BCUT2D eigenvalue weighted by Gasteiger charge is 2.44. The zero-order chi connectivity index (χ0) is 20.2. The smallest absolute Gasteiger partial charge is 0.344 e. The SMILES string of the molecule is CC(C)[C@@H](NC(=O)C1CCN(C(=O)C(F)(F)F)CC1)C(=O)N1CCCCC1. The van der Waals surface area contributed by atoms with Crippen LogP contribution in [0.1, 0.15) is 46.0 Å². The van der Waals surface area contributed by atoms with E-state index in [9.17, 15) is 27.6 Å². The maximum Gasteiger partial charge on any atom is 0.471 e. The monoisotopic (exact) mass is 391 g/mol. The average Bonchev–Trinajstić information content (AvgIpc) is 2.64. The lowest BCUT2D eigenvalue weighted by Gasteiger charge is -2.35. The van der Waals surface area contributed by atoms with Crippen LogP contribution in [0.5, 0.6) is 0 Å². The van der Waals surface area contributed by atoms with E-state index in [-0.39, 0.29) is 43.7 Å². The van der Waals surface area contributed by atoms with Crippen LogP contribution in [0.25, 0.3) is 0 Å². The highest BCUT2D eigenvalue weighted by Crippen LogP contribution is 2.24. The number of carbonyl (C=O) groups excluding carboxylic acids is 3. The molecule has 2 aliphatic rings. The Morgan fingerprint density at radius 2 is 1.48 bits per heavy atom. The number of nitrogens with one attached hydrogen (secondary N) is 1. The summed E-state index contributed by atoms with van der Waals surface area (Å²) in [6.07, 6.45) is -1.56. The molecular weight excluding hydrogens is 363 g/mol. The van der Waals surface area contributed by atoms with Gasteiger partial charge in [0.25, 0.3) is 0 Å². The van der Waals surface area contributed by atoms with Gasteiger partial charge in [-0.2, -0.15) is 13.2 Å². The Labute approximate surface area is 157 Å². The fraction of sp³-hybridized carbons (Fsp3) is 0.833. The molecule has 1 atom stereocenters. The minimum Gasteiger partial charge on any atom is -0.344 e. The lowest BCUT2D eigenvalue weighted by molar-refractivity contribution is -0.186. The van der Waals surface area contributed by atoms with Gasteiger partial charge in [-0.1, -0.05) is 13.8 Å². The Hall–Kier alpha value is -1.80. The van der Waals surface area contributed by atoms with Crippen molar-refractivity contribution in [3.63, 3.8) is 0 Å². The van der Waals surface area contributed by atoms with Gasteiger partial charge in [0.15, 0.2) is 0 Å². The molecule has 154 valence electrons. The van der Waals surface area contributed by atoms with E-state index in [2.05, 4.69) is 5.32 Å². The molecule has 0 bridgehead atoms. The number of carbonyl (C=O) groups is 3. The van der Waals surface area contributed by atoms with E-state index in [4.69, 9.17) is 0 Å². The van der Waals surface area contributed by atoms with Crippen molar-refractivity contribution in [2.75, 3.05) is 26.2 Å². The summed E-state index contributed by atoms with van der Waals surface area (Å²) in [6, 6.07) is -0.634. The van der Waals surface area contributed by atoms with Crippen molar-refractivity contribution in [2.24, 2.45) is 11.8 Å². The van der Waals surface area contributed by atoms with Gasteiger partial charge in [-0.15, -0.1) is 0 Å². The first-order valence-corrected chi connectivity index (χ1v) is 9.56. The van der Waals surface area contributed by atoms with E-state index in [0.29, 0.717) is 13.1 Å². The van der Waals surface area contributed by atoms with E-state index >= 15 is 0 Å². The molecule has 2 aliphatic heterocycles. The van der Waals surface area contributed by atoms with Crippen molar-refractivity contribution in [2.45, 2.75) is 58.2 Å². The molecule has 27 heavy (non-hydrogen) atoms. The summed E-state index contributed by atoms with van der Waals surface area (Å²) in [5, 5.41) is 2.80. The van der Waals surface area contributed by atoms with Gasteiger partial charge in [-0.3, -0.25) is 14.4 Å². The minimum absolute atomic E-state index is 0.0877. The second-order valence-electron chi connectivity index (χ2n) is 7.68. The largest absolute Gasteiger partial charge is 0.471 e. The predicted molar refractivity (Wildman–Crippen MR) is 92.6 cm³/mol. The molecule has 0 aromatic rings. The number of amides is 3. The molecule has 1 N–H and O–H groups in total. The zero-order valence-electron chi connectivity index (χ0n) is 15.8. The Morgan fingerprint density at radius 1 is 0.926 bits per heavy atom. The van der Waals surface area contributed by atoms with Crippen LogP contribution in [-0.4, -0.2) is 65.9 Å². The Kier molecular flexibility index (Phi) is 7.11. The summed E-state index contributed by atoms with van der Waals surface area (Å²) in [5.74, 6) is -2.85. The number of nitrogens with zero attached hydrogens (tertiary/aromatic N) is 2. The van der Waals surface area contributed by atoms with E-state index < -0.39 is 24.0 Å². The third-order valence-corrected chi connectivity index (χ3v) is 5.29. The van der Waals surface area contributed by atoms with E-state index in [0.717, 1.165) is 24.2 Å². The number of hydrogen-bond donors (Lipinski definition) is 1. The average molecular weight is 391 g/mol. The van der Waals surface area contributed by atoms with Crippen molar-refractivity contribution in [1.29, 1.82) is 0 Å². The molecule has 0 aliphatic carbocycles. The van der Waals surface area contributed by atoms with Gasteiger partial charge in [-0.05, 0) is 38.0 Å². The summed E-state index contributed by atoms with van der Waals surface area (Å²) >= 11 is 0. The van der Waals surface area contributed by atoms with Crippen LogP contribution in [0, 0.1) is 11.8 Å². The van der Waals surface area contributed by atoms with Crippen LogP contribution in [-0.2, 0) is 14.4 Å². The molecular formula is C18H28F3N3O3. The van der Waals surface area contributed by atoms with Crippen molar-refractivity contribution in [3.8, 4) is 0 Å². The van der Waals surface area contributed by atoms with Crippen LogP contribution in [0.15, 0.2) is 0 Å². The number of rotatable bonds is 4. The number of hydrogen-bond acceptors (Lipinski definition) is 3. The van der Waals surface area contributed by atoms with Crippen molar-refractivity contribution in [3.05, 3.63) is 0 Å². The highest BCUT2D eigenvalue weighted by atomic mass is 19.4. The summed E-state index contributed by atoms with van der Waals surface area (Å²) in [5.41, 5.74) is 0. The van der Waals surface area contributed by atoms with Gasteiger partial charge in [0, 0.05) is 32.1 Å². The van der Waals surface area contributed by atoms with Gasteiger partial charge in [0.1, 0.15) is 6.04 Å². The standard InChI is InChI=1S/C18H28F3N3O3/c1-12(2)14(16(26)23-8-4-3-5-9-23)22-15(25)13-6-10-24(11-7-13)17(27)18(19,20)21/h12-14H,3-11H2,1-2H3,(H,22,25)/t14-/m1/s1. The molecule has 2 fully saturated rings. The molecule has 6 nitrogen and oxygen atoms in total. The molecule has 2 rings (SSSR count). The fourth-order valence-electron chi connectivity index (χ4n) is 3.62. The first kappa shape index (κ1) is 21.5. The van der Waals surface area contributed by atoms with Gasteiger partial charge in [0.2, 0.25) is 11.8 Å². The van der Waals surface area contributed by atoms with E-state index in [1.807, 2.05) is 13.8 Å². The topological polar surface area (TPSA) is 69.7 Å². The summed E-state index contributed by atoms with van der Waals surface area (Å²) in [6.45, 7) is 4.88. The van der Waals surface area contributed by atoms with E-state index in [1.165, 1.54) is 0 Å². The van der Waals surface area contributed by atoms with Gasteiger partial charge >= 0.3 is 12.1 Å². The summed E-state index contributed by atoms with van der Waals surface area (Å²) < 4.78 is 37.5. The van der Waals surface area contributed by atoms with Crippen LogP contribution in [0.3, 0.4) is 0 Å². The third kappa shape index (κ3) is 5.59. The van der Waals surface area contributed by atoms with Crippen LogP contribution >= 0.6 is 0 Å². The van der Waals surface area contributed by atoms with E-state index in [1.54, 1.807) is 4.90 Å². The molecule has 0 aromatic carbocycles. The molecule has 0 saturated carbocycles. The van der Waals surface area contributed by atoms with Crippen LogP contribution in [0.4, 0.5) is 13.2 Å². The lowest BCUT2D eigenvalue weighted by Crippen LogP contribution is -2.54. The number of likely N-dealkylation sites (tertiary alicyclic amines) is 2. The second-order valence-corrected chi connectivity index (χ2v) is 7.68. The predicted octanol–water partition coefficient (Wildman–Crippen LogP) is 1.94. The molecule has 0 unspecified atom stereocenters. The fourth-order valence-corrected chi connectivity index (χ4v) is 3.62. The number of piperidine rings is 2. The third-order valence-electron chi connectivity index (χ3n) is 5.29. The minimum atomic E-state index is -4.89. The van der Waals surface area contributed by atoms with Gasteiger partial charge < -0.3 is 15.1 Å². The molecule has 2 saturated heterocycles. The molecule has 9 heteroatoms.